The number of pyridine rings is 1. The third kappa shape index (κ3) is 5.40. The Morgan fingerprint density at radius 1 is 1.16 bits per heavy atom. The number of fused-ring (bicyclic) bond motifs is 1. The van der Waals surface area contributed by atoms with E-state index in [1.807, 2.05) is 6.92 Å². The van der Waals surface area contributed by atoms with Gasteiger partial charge in [-0.25, -0.2) is 9.97 Å². The van der Waals surface area contributed by atoms with E-state index in [2.05, 4.69) is 54.3 Å². The highest BCUT2D eigenvalue weighted by Crippen LogP contribution is 2.39. The fourth-order valence-corrected chi connectivity index (χ4v) is 7.18. The van der Waals surface area contributed by atoms with Crippen molar-refractivity contribution < 1.29 is 9.59 Å². The summed E-state index contributed by atoms with van der Waals surface area (Å²) in [6, 6.07) is 8.00. The van der Waals surface area contributed by atoms with Crippen LogP contribution in [-0.4, -0.2) is 58.3 Å². The number of hydrogen-bond acceptors (Lipinski definition) is 7. The van der Waals surface area contributed by atoms with Crippen molar-refractivity contribution in [3.63, 3.8) is 0 Å². The second kappa shape index (κ2) is 11.0. The van der Waals surface area contributed by atoms with E-state index in [4.69, 9.17) is 10.7 Å². The second-order valence-electron chi connectivity index (χ2n) is 11.1. The summed E-state index contributed by atoms with van der Waals surface area (Å²) in [5.41, 5.74) is 9.25. The molecule has 1 aromatic carbocycles. The summed E-state index contributed by atoms with van der Waals surface area (Å²) < 4.78 is 1.18. The van der Waals surface area contributed by atoms with Crippen LogP contribution in [0.1, 0.15) is 68.1 Å². The van der Waals surface area contributed by atoms with E-state index in [0.717, 1.165) is 49.0 Å². The number of aryl methyl sites for hydroxylation is 1. The van der Waals surface area contributed by atoms with Crippen LogP contribution in [0, 0.1) is 11.8 Å². The Balaban J connectivity index is 1.37. The lowest BCUT2D eigenvalue weighted by Crippen LogP contribution is -2.46. The van der Waals surface area contributed by atoms with Gasteiger partial charge in [-0.05, 0) is 80.4 Å². The highest BCUT2D eigenvalue weighted by molar-refractivity contribution is 7.18. The van der Waals surface area contributed by atoms with Crippen molar-refractivity contribution >= 4 is 44.9 Å². The molecular weight excluding hydrogens is 496 g/mol. The van der Waals surface area contributed by atoms with Gasteiger partial charge < -0.3 is 20.9 Å². The van der Waals surface area contributed by atoms with Crippen LogP contribution in [0.4, 0.5) is 11.5 Å². The molecule has 2 amide bonds. The molecule has 0 saturated carbocycles. The molecule has 2 aliphatic heterocycles. The number of nitrogens with one attached hydrogen (secondary N) is 1. The maximum absolute atomic E-state index is 13.4. The molecule has 0 unspecified atom stereocenters. The zero-order chi connectivity index (χ0) is 27.0. The number of thiazole rings is 1. The lowest BCUT2D eigenvalue weighted by atomic mass is 9.87. The van der Waals surface area contributed by atoms with Crippen LogP contribution in [0.3, 0.4) is 0 Å². The Morgan fingerprint density at radius 3 is 2.74 bits per heavy atom. The van der Waals surface area contributed by atoms with Gasteiger partial charge in [0.1, 0.15) is 5.82 Å². The van der Waals surface area contributed by atoms with Crippen LogP contribution in [0.2, 0.25) is 0 Å². The standard InChI is InChI=1S/C29H38N6O2S/c1-5-19-12-21(14-31-26(19)30)32-27(36)29(37)35-15-17(2)6-8-24(35)20-7-9-25-23(13-20)33-28(38-25)22-10-11-34(4)16-18(22)3/h7,9,12-14,17-18,22,24H,5-6,8,10-11,15-16H2,1-4H3,(H2,30,31)(H,32,36)/t17-,18+,22-,24+/m0/s1. The molecule has 38 heavy (non-hydrogen) atoms. The Kier molecular flexibility index (Phi) is 7.68. The largest absolute Gasteiger partial charge is 0.383 e. The maximum Gasteiger partial charge on any atom is 0.313 e. The predicted molar refractivity (Wildman–Crippen MR) is 153 cm³/mol. The summed E-state index contributed by atoms with van der Waals surface area (Å²) in [5, 5.41) is 3.96. The van der Waals surface area contributed by atoms with Crippen LogP contribution in [0.25, 0.3) is 10.2 Å². The van der Waals surface area contributed by atoms with Gasteiger partial charge in [-0.1, -0.05) is 26.8 Å². The summed E-state index contributed by atoms with van der Waals surface area (Å²) in [4.78, 5) is 39.8. The van der Waals surface area contributed by atoms with Gasteiger partial charge in [0.25, 0.3) is 0 Å². The van der Waals surface area contributed by atoms with E-state index in [0.29, 0.717) is 42.2 Å². The number of aromatic nitrogens is 2. The van der Waals surface area contributed by atoms with Gasteiger partial charge >= 0.3 is 11.8 Å². The van der Waals surface area contributed by atoms with Crippen molar-refractivity contribution in [2.45, 2.75) is 58.4 Å². The number of benzene rings is 1. The van der Waals surface area contributed by atoms with Crippen molar-refractivity contribution in [3.05, 3.63) is 46.6 Å². The van der Waals surface area contributed by atoms with Gasteiger partial charge in [0.15, 0.2) is 0 Å². The summed E-state index contributed by atoms with van der Waals surface area (Å²) in [7, 11) is 2.19. The number of carbonyl (C=O) groups excluding carboxylic acids is 2. The van der Waals surface area contributed by atoms with Crippen molar-refractivity contribution in [2.75, 3.05) is 37.7 Å². The second-order valence-corrected chi connectivity index (χ2v) is 12.2. The summed E-state index contributed by atoms with van der Waals surface area (Å²) in [6.45, 7) is 9.16. The summed E-state index contributed by atoms with van der Waals surface area (Å²) in [6.07, 6.45) is 5.14. The molecule has 0 spiro atoms. The third-order valence-corrected chi connectivity index (χ3v) is 9.32. The van der Waals surface area contributed by atoms with Crippen LogP contribution in [0.15, 0.2) is 30.5 Å². The maximum atomic E-state index is 13.4. The molecule has 202 valence electrons. The number of nitrogens with zero attached hydrogens (tertiary/aromatic N) is 4. The van der Waals surface area contributed by atoms with Gasteiger partial charge in [0.2, 0.25) is 0 Å². The fraction of sp³-hybridized carbons (Fsp3) is 0.517. The molecular formula is C29H38N6O2S. The van der Waals surface area contributed by atoms with Crippen LogP contribution in [0.5, 0.6) is 0 Å². The number of piperidine rings is 2. The summed E-state index contributed by atoms with van der Waals surface area (Å²) >= 11 is 1.79. The molecule has 0 radical (unpaired) electrons. The topological polar surface area (TPSA) is 104 Å². The Labute approximate surface area is 228 Å². The average molecular weight is 535 g/mol. The SMILES string of the molecule is CCc1cc(NC(=O)C(=O)N2C[C@@H](C)CC[C@@H]2c2ccc3sc([C@H]4CCN(C)C[C@H]4C)nc3c2)cnc1N. The molecule has 0 aliphatic carbocycles. The van der Waals surface area contributed by atoms with Crippen molar-refractivity contribution in [1.29, 1.82) is 0 Å². The highest BCUT2D eigenvalue weighted by Gasteiger charge is 2.35. The van der Waals surface area contributed by atoms with Crippen molar-refractivity contribution in [2.24, 2.45) is 11.8 Å². The number of nitrogen functional groups attached to an aromatic ring is 1. The number of likely N-dealkylation sites (tertiary alicyclic amines) is 2. The molecule has 9 heteroatoms. The van der Waals surface area contributed by atoms with Crippen molar-refractivity contribution in [1.82, 2.24) is 19.8 Å². The zero-order valence-electron chi connectivity index (χ0n) is 22.7. The Hall–Kier alpha value is -3.04. The van der Waals surface area contributed by atoms with Gasteiger partial charge in [0, 0.05) is 19.0 Å². The minimum Gasteiger partial charge on any atom is -0.383 e. The van der Waals surface area contributed by atoms with Gasteiger partial charge in [0.05, 0.1) is 33.2 Å². The van der Waals surface area contributed by atoms with E-state index >= 15 is 0 Å². The van der Waals surface area contributed by atoms with Gasteiger partial charge in [-0.2, -0.15) is 0 Å². The quantitative estimate of drug-likeness (QED) is 0.465. The van der Waals surface area contributed by atoms with E-state index in [-0.39, 0.29) is 6.04 Å². The van der Waals surface area contributed by atoms with Gasteiger partial charge in [-0.3, -0.25) is 9.59 Å². The number of anilines is 2. The molecule has 2 aromatic heterocycles. The summed E-state index contributed by atoms with van der Waals surface area (Å²) in [5.74, 6) is 0.660. The lowest BCUT2D eigenvalue weighted by molar-refractivity contribution is -0.146. The highest BCUT2D eigenvalue weighted by atomic mass is 32.1. The van der Waals surface area contributed by atoms with Crippen LogP contribution in [-0.2, 0) is 16.0 Å². The smallest absolute Gasteiger partial charge is 0.313 e. The number of rotatable bonds is 4. The third-order valence-electron chi connectivity index (χ3n) is 8.15. The van der Waals surface area contributed by atoms with Crippen LogP contribution < -0.4 is 11.1 Å². The number of carbonyl (C=O) groups is 2. The van der Waals surface area contributed by atoms with E-state index < -0.39 is 11.8 Å². The first kappa shape index (κ1) is 26.6. The number of amides is 2. The molecule has 0 bridgehead atoms. The number of hydrogen-bond donors (Lipinski definition) is 2. The minimum atomic E-state index is -0.647. The molecule has 3 N–H and O–H groups in total. The fourth-order valence-electron chi connectivity index (χ4n) is 5.96. The molecule has 2 saturated heterocycles. The zero-order valence-corrected chi connectivity index (χ0v) is 23.6. The Bertz CT molecular complexity index is 1340. The monoisotopic (exact) mass is 534 g/mol. The van der Waals surface area contributed by atoms with E-state index in [1.54, 1.807) is 22.3 Å². The molecule has 4 atom stereocenters. The molecule has 3 aromatic rings. The average Bonchev–Trinajstić information content (AvgIpc) is 3.32. The lowest BCUT2D eigenvalue weighted by Gasteiger charge is -2.38. The van der Waals surface area contributed by atoms with Crippen molar-refractivity contribution in [3.8, 4) is 0 Å². The molecule has 2 fully saturated rings. The van der Waals surface area contributed by atoms with E-state index in [9.17, 15) is 9.59 Å². The first-order chi connectivity index (χ1) is 18.2. The van der Waals surface area contributed by atoms with Gasteiger partial charge in [-0.15, -0.1) is 11.3 Å². The first-order valence-electron chi connectivity index (χ1n) is 13.7. The molecule has 8 nitrogen and oxygen atoms in total. The minimum absolute atomic E-state index is 0.156. The van der Waals surface area contributed by atoms with E-state index in [1.165, 1.54) is 15.9 Å². The first-order valence-corrected chi connectivity index (χ1v) is 14.5. The molecule has 5 rings (SSSR count). The molecule has 2 aliphatic rings. The Morgan fingerprint density at radius 2 is 1.97 bits per heavy atom. The predicted octanol–water partition coefficient (Wildman–Crippen LogP) is 4.83. The molecule has 4 heterocycles. The normalized spacial score (nSPS) is 24.5. The van der Waals surface area contributed by atoms with Crippen LogP contribution >= 0.6 is 11.3 Å². The number of nitrogens with two attached hydrogens (primary N) is 1.